The van der Waals surface area contributed by atoms with Gasteiger partial charge in [-0.1, -0.05) is 42.5 Å². The van der Waals surface area contributed by atoms with Gasteiger partial charge in [0.25, 0.3) is 0 Å². The van der Waals surface area contributed by atoms with Crippen molar-refractivity contribution in [3.63, 3.8) is 0 Å². The molecule has 0 saturated heterocycles. The monoisotopic (exact) mass is 417 g/mol. The Labute approximate surface area is 174 Å². The minimum atomic E-state index is -3.42. The zero-order chi connectivity index (χ0) is 21.3. The van der Waals surface area contributed by atoms with Crippen molar-refractivity contribution in [2.45, 2.75) is 31.1 Å². The van der Waals surface area contributed by atoms with Gasteiger partial charge in [-0.3, -0.25) is 0 Å². The summed E-state index contributed by atoms with van der Waals surface area (Å²) in [6.45, 7) is 3.80. The van der Waals surface area contributed by atoms with Crippen molar-refractivity contribution < 1.29 is 13.2 Å². The van der Waals surface area contributed by atoms with Crippen LogP contribution >= 0.6 is 0 Å². The maximum Gasteiger partial charge on any atom is 0.317 e. The van der Waals surface area contributed by atoms with E-state index in [1.807, 2.05) is 37.3 Å². The van der Waals surface area contributed by atoms with Crippen LogP contribution in [0.2, 0.25) is 0 Å². The Bertz CT molecular complexity index is 866. The third-order valence-corrected chi connectivity index (χ3v) is 6.63. The number of benzene rings is 2. The molecule has 0 bridgehead atoms. The van der Waals surface area contributed by atoms with Crippen LogP contribution in [0, 0.1) is 0 Å². The van der Waals surface area contributed by atoms with Crippen molar-refractivity contribution in [2.24, 2.45) is 0 Å². The molecule has 0 fully saturated rings. The fourth-order valence-electron chi connectivity index (χ4n) is 2.95. The lowest BCUT2D eigenvalue weighted by Crippen LogP contribution is -2.41. The molecule has 0 aliphatic rings. The molecule has 7 heteroatoms. The summed E-state index contributed by atoms with van der Waals surface area (Å²) in [5, 5.41) is 2.98. The van der Waals surface area contributed by atoms with E-state index < -0.39 is 10.0 Å². The van der Waals surface area contributed by atoms with Crippen LogP contribution in [0.25, 0.3) is 0 Å². The van der Waals surface area contributed by atoms with Gasteiger partial charge in [0.2, 0.25) is 10.0 Å². The highest BCUT2D eigenvalue weighted by atomic mass is 32.2. The average Bonchev–Trinajstić information content (AvgIpc) is 2.72. The van der Waals surface area contributed by atoms with Crippen molar-refractivity contribution in [3.05, 3.63) is 65.7 Å². The lowest BCUT2D eigenvalue weighted by molar-refractivity contribution is 0.201. The number of amides is 2. The number of nitrogens with zero attached hydrogens (tertiary/aromatic N) is 2. The van der Waals surface area contributed by atoms with Crippen molar-refractivity contribution >= 4 is 16.1 Å². The van der Waals surface area contributed by atoms with E-state index in [1.165, 1.54) is 24.0 Å². The first-order valence-corrected chi connectivity index (χ1v) is 11.4. The van der Waals surface area contributed by atoms with Crippen LogP contribution in [0.4, 0.5) is 4.79 Å². The summed E-state index contributed by atoms with van der Waals surface area (Å²) >= 11 is 0. The van der Waals surface area contributed by atoms with Crippen LogP contribution in [-0.2, 0) is 22.9 Å². The standard InChI is InChI=1S/C22H31N3O3S/c1-4-25(22(26)23-17-8-11-19-9-6-5-7-10-19)18-16-20-12-14-21(15-13-20)29(27,28)24(2)3/h5-7,9-10,12-15H,4,8,11,16-18H2,1-3H3,(H,23,26). The van der Waals surface area contributed by atoms with Gasteiger partial charge in [0.15, 0.2) is 0 Å². The molecule has 1 N–H and O–H groups in total. The molecule has 0 spiro atoms. The number of sulfonamides is 1. The van der Waals surface area contributed by atoms with E-state index in [-0.39, 0.29) is 10.9 Å². The SMILES string of the molecule is CCN(CCc1ccc(S(=O)(=O)N(C)C)cc1)C(=O)NCCCc1ccccc1. The van der Waals surface area contributed by atoms with Crippen molar-refractivity contribution in [2.75, 3.05) is 33.7 Å². The molecule has 6 nitrogen and oxygen atoms in total. The lowest BCUT2D eigenvalue weighted by atomic mass is 10.1. The molecule has 0 aromatic heterocycles. The van der Waals surface area contributed by atoms with Gasteiger partial charge in [0, 0.05) is 33.7 Å². The van der Waals surface area contributed by atoms with Crippen molar-refractivity contribution in [1.29, 1.82) is 0 Å². The third-order valence-electron chi connectivity index (χ3n) is 4.80. The first kappa shape index (κ1) is 22.9. The fraction of sp³-hybridized carbons (Fsp3) is 0.409. The van der Waals surface area contributed by atoms with Crippen LogP contribution in [0.1, 0.15) is 24.5 Å². The van der Waals surface area contributed by atoms with Gasteiger partial charge >= 0.3 is 6.03 Å². The Balaban J connectivity index is 1.79. The topological polar surface area (TPSA) is 69.7 Å². The Kier molecular flexibility index (Phi) is 8.67. The number of carbonyl (C=O) groups is 1. The number of hydrogen-bond donors (Lipinski definition) is 1. The smallest absolute Gasteiger partial charge is 0.317 e. The van der Waals surface area contributed by atoms with E-state index in [1.54, 1.807) is 17.0 Å². The minimum absolute atomic E-state index is 0.0626. The molecule has 0 atom stereocenters. The zero-order valence-corrected chi connectivity index (χ0v) is 18.3. The summed E-state index contributed by atoms with van der Waals surface area (Å²) in [6, 6.07) is 17.0. The largest absolute Gasteiger partial charge is 0.338 e. The average molecular weight is 418 g/mol. The lowest BCUT2D eigenvalue weighted by Gasteiger charge is -2.21. The normalized spacial score (nSPS) is 11.4. The van der Waals surface area contributed by atoms with Crippen molar-refractivity contribution in [1.82, 2.24) is 14.5 Å². The van der Waals surface area contributed by atoms with E-state index in [4.69, 9.17) is 0 Å². The summed E-state index contributed by atoms with van der Waals surface area (Å²) in [4.78, 5) is 14.4. The van der Waals surface area contributed by atoms with Gasteiger partial charge in [-0.25, -0.2) is 17.5 Å². The second-order valence-electron chi connectivity index (χ2n) is 7.08. The van der Waals surface area contributed by atoms with E-state index in [9.17, 15) is 13.2 Å². The molecule has 2 rings (SSSR count). The highest BCUT2D eigenvalue weighted by molar-refractivity contribution is 7.89. The van der Waals surface area contributed by atoms with E-state index in [2.05, 4.69) is 17.4 Å². The van der Waals surface area contributed by atoms with Crippen LogP contribution in [0.5, 0.6) is 0 Å². The highest BCUT2D eigenvalue weighted by Gasteiger charge is 2.17. The number of aryl methyl sites for hydroxylation is 1. The van der Waals surface area contributed by atoms with Gasteiger partial charge in [-0.15, -0.1) is 0 Å². The predicted octanol–water partition coefficient (Wildman–Crippen LogP) is 3.14. The molecule has 0 radical (unpaired) electrons. The molecule has 2 aromatic carbocycles. The number of hydrogen-bond acceptors (Lipinski definition) is 3. The van der Waals surface area contributed by atoms with Gasteiger partial charge in [0.05, 0.1) is 4.90 Å². The van der Waals surface area contributed by atoms with Crippen LogP contribution in [0.15, 0.2) is 59.5 Å². The van der Waals surface area contributed by atoms with Crippen LogP contribution in [-0.4, -0.2) is 57.4 Å². The molecule has 29 heavy (non-hydrogen) atoms. The van der Waals surface area contributed by atoms with E-state index in [0.717, 1.165) is 18.4 Å². The van der Waals surface area contributed by atoms with Gasteiger partial charge in [0.1, 0.15) is 0 Å². The summed E-state index contributed by atoms with van der Waals surface area (Å²) < 4.78 is 25.4. The number of likely N-dealkylation sites (N-methyl/N-ethyl adjacent to an activating group) is 1. The van der Waals surface area contributed by atoms with Gasteiger partial charge < -0.3 is 10.2 Å². The highest BCUT2D eigenvalue weighted by Crippen LogP contribution is 2.14. The Morgan fingerprint density at radius 2 is 1.55 bits per heavy atom. The second kappa shape index (κ2) is 11.0. The van der Waals surface area contributed by atoms with Crippen LogP contribution in [0.3, 0.4) is 0 Å². The number of carbonyl (C=O) groups excluding carboxylic acids is 1. The van der Waals surface area contributed by atoms with E-state index in [0.29, 0.717) is 26.1 Å². The molecule has 158 valence electrons. The second-order valence-corrected chi connectivity index (χ2v) is 9.23. The minimum Gasteiger partial charge on any atom is -0.338 e. The molecule has 2 amide bonds. The molecule has 0 heterocycles. The summed E-state index contributed by atoms with van der Waals surface area (Å²) in [6.07, 6.45) is 2.51. The third kappa shape index (κ3) is 6.87. The van der Waals surface area contributed by atoms with Crippen LogP contribution < -0.4 is 5.32 Å². The summed E-state index contributed by atoms with van der Waals surface area (Å²) in [5.74, 6) is 0. The molecular formula is C22H31N3O3S. The number of rotatable bonds is 10. The molecule has 0 saturated carbocycles. The Morgan fingerprint density at radius 1 is 0.931 bits per heavy atom. The molecular weight excluding hydrogens is 386 g/mol. The maximum absolute atomic E-state index is 12.4. The fourth-order valence-corrected chi connectivity index (χ4v) is 3.85. The predicted molar refractivity (Wildman–Crippen MR) is 116 cm³/mol. The van der Waals surface area contributed by atoms with Crippen molar-refractivity contribution in [3.8, 4) is 0 Å². The first-order chi connectivity index (χ1) is 13.8. The quantitative estimate of drug-likeness (QED) is 0.604. The number of urea groups is 1. The first-order valence-electron chi connectivity index (χ1n) is 9.92. The molecule has 2 aromatic rings. The van der Waals surface area contributed by atoms with Gasteiger partial charge in [-0.2, -0.15) is 0 Å². The zero-order valence-electron chi connectivity index (χ0n) is 17.5. The Morgan fingerprint density at radius 3 is 2.14 bits per heavy atom. The summed E-state index contributed by atoms with van der Waals surface area (Å²) in [5.41, 5.74) is 2.27. The maximum atomic E-state index is 12.4. The van der Waals surface area contributed by atoms with E-state index >= 15 is 0 Å². The summed E-state index contributed by atoms with van der Waals surface area (Å²) in [7, 11) is -0.388. The molecule has 0 aliphatic carbocycles. The number of nitrogens with one attached hydrogen (secondary N) is 1. The van der Waals surface area contributed by atoms with Gasteiger partial charge in [-0.05, 0) is 49.4 Å². The molecule has 0 unspecified atom stereocenters. The Hall–Kier alpha value is -2.38. The molecule has 0 aliphatic heterocycles.